The van der Waals surface area contributed by atoms with Gasteiger partial charge in [0.1, 0.15) is 13.3 Å². The Morgan fingerprint density at radius 1 is 1.20 bits per heavy atom. The summed E-state index contributed by atoms with van der Waals surface area (Å²) in [6.45, 7) is -0.0903. The van der Waals surface area contributed by atoms with Gasteiger partial charge in [-0.25, -0.2) is 8.78 Å². The van der Waals surface area contributed by atoms with Crippen LogP contribution < -0.4 is 5.32 Å². The van der Waals surface area contributed by atoms with Crippen LogP contribution in [-0.4, -0.2) is 38.6 Å². The normalized spacial score (nSPS) is 34.2. The molecule has 0 bridgehead atoms. The maximum Gasteiger partial charge on any atom is 0.117 e. The number of hydrogen-bond donors (Lipinski definition) is 1. The molecular formula is C6H11F2NO. The van der Waals surface area contributed by atoms with Crippen molar-refractivity contribution in [3.05, 3.63) is 0 Å². The molecule has 0 aromatic rings. The number of hydrogen-bond acceptors (Lipinski definition) is 2. The minimum absolute atomic E-state index is 0.450. The van der Waals surface area contributed by atoms with Crippen LogP contribution in [0, 0.1) is 0 Å². The average Bonchev–Trinajstić information content (AvgIpc) is 2.05. The summed E-state index contributed by atoms with van der Waals surface area (Å²) in [6.07, 6.45) is -0.899. The maximum absolute atomic E-state index is 11.9. The molecule has 1 heterocycles. The van der Waals surface area contributed by atoms with E-state index in [2.05, 4.69) is 5.32 Å². The van der Waals surface area contributed by atoms with Gasteiger partial charge in [0, 0.05) is 13.1 Å². The van der Waals surface area contributed by atoms with E-state index in [0.29, 0.717) is 13.1 Å². The van der Waals surface area contributed by atoms with Crippen LogP contribution in [-0.2, 0) is 4.74 Å². The molecule has 2 atom stereocenters. The van der Waals surface area contributed by atoms with Crippen LogP contribution in [0.25, 0.3) is 0 Å². The molecule has 60 valence electrons. The number of alkyl halides is 2. The second-order valence-corrected chi connectivity index (χ2v) is 2.35. The average molecular weight is 151 g/mol. The zero-order valence-electron chi connectivity index (χ0n) is 5.65. The Morgan fingerprint density at radius 2 is 1.70 bits per heavy atom. The summed E-state index contributed by atoms with van der Waals surface area (Å²) < 4.78 is 28.8. The lowest BCUT2D eigenvalue weighted by Gasteiger charge is -2.27. The molecule has 2 nitrogen and oxygen atoms in total. The van der Waals surface area contributed by atoms with Crippen LogP contribution in [0.15, 0.2) is 0 Å². The number of halogens is 2. The van der Waals surface area contributed by atoms with Crippen molar-refractivity contribution >= 4 is 0 Å². The van der Waals surface area contributed by atoms with Crippen molar-refractivity contribution in [3.63, 3.8) is 0 Å². The molecular weight excluding hydrogens is 140 g/mol. The zero-order valence-corrected chi connectivity index (χ0v) is 5.65. The summed E-state index contributed by atoms with van der Waals surface area (Å²) >= 11 is 0. The van der Waals surface area contributed by atoms with Gasteiger partial charge in [0.15, 0.2) is 0 Å². The van der Waals surface area contributed by atoms with Crippen molar-refractivity contribution in [1.29, 1.82) is 0 Å². The summed E-state index contributed by atoms with van der Waals surface area (Å²) in [4.78, 5) is 0. The largest absolute Gasteiger partial charge is 0.367 e. The highest BCUT2D eigenvalue weighted by atomic mass is 19.1. The lowest BCUT2D eigenvalue weighted by Crippen LogP contribution is -2.46. The van der Waals surface area contributed by atoms with Gasteiger partial charge in [0.25, 0.3) is 0 Å². The Bertz CT molecular complexity index is 91.7. The van der Waals surface area contributed by atoms with E-state index >= 15 is 0 Å². The summed E-state index contributed by atoms with van der Waals surface area (Å²) in [5.41, 5.74) is 0. The molecule has 0 aliphatic carbocycles. The van der Waals surface area contributed by atoms with E-state index in [0.717, 1.165) is 0 Å². The topological polar surface area (TPSA) is 21.3 Å². The van der Waals surface area contributed by atoms with Gasteiger partial charge >= 0.3 is 0 Å². The first-order valence-electron chi connectivity index (χ1n) is 3.35. The predicted molar refractivity (Wildman–Crippen MR) is 33.5 cm³/mol. The van der Waals surface area contributed by atoms with Crippen LogP contribution in [0.5, 0.6) is 0 Å². The van der Waals surface area contributed by atoms with Crippen LogP contribution >= 0.6 is 0 Å². The van der Waals surface area contributed by atoms with E-state index in [1.165, 1.54) is 0 Å². The van der Waals surface area contributed by atoms with E-state index in [-0.39, 0.29) is 0 Å². The first-order chi connectivity index (χ1) is 4.86. The Hall–Kier alpha value is -0.220. The molecule has 0 amide bonds. The van der Waals surface area contributed by atoms with Gasteiger partial charge in [-0.05, 0) is 0 Å². The number of nitrogens with one attached hydrogen (secondary N) is 1. The zero-order chi connectivity index (χ0) is 7.40. The third kappa shape index (κ3) is 1.88. The highest BCUT2D eigenvalue weighted by Gasteiger charge is 2.21. The van der Waals surface area contributed by atoms with E-state index in [4.69, 9.17) is 4.74 Å². The molecule has 1 fully saturated rings. The summed E-state index contributed by atoms with van der Waals surface area (Å²) in [6, 6.07) is 0. The van der Waals surface area contributed by atoms with E-state index in [1.54, 1.807) is 0 Å². The van der Waals surface area contributed by atoms with Gasteiger partial charge in [0.05, 0.1) is 12.2 Å². The monoisotopic (exact) mass is 151 g/mol. The SMILES string of the molecule is FC[C@@H]1CNC[C@@H](CF)O1. The lowest BCUT2D eigenvalue weighted by atomic mass is 10.2. The second-order valence-electron chi connectivity index (χ2n) is 2.35. The molecule has 1 rings (SSSR count). The van der Waals surface area contributed by atoms with Crippen LogP contribution in [0.1, 0.15) is 0 Å². The van der Waals surface area contributed by atoms with Crippen molar-refractivity contribution in [1.82, 2.24) is 5.32 Å². The molecule has 1 saturated heterocycles. The van der Waals surface area contributed by atoms with Gasteiger partial charge < -0.3 is 10.1 Å². The second kappa shape index (κ2) is 3.83. The standard InChI is InChI=1S/C6H11F2NO/c7-1-5-3-9-4-6(2-8)10-5/h5-6,9H,1-4H2/t5-,6-/m1/s1. The number of rotatable bonds is 2. The van der Waals surface area contributed by atoms with Gasteiger partial charge in [-0.1, -0.05) is 0 Å². The third-order valence-corrected chi connectivity index (χ3v) is 1.47. The highest BCUT2D eigenvalue weighted by Crippen LogP contribution is 2.04. The third-order valence-electron chi connectivity index (χ3n) is 1.47. The minimum Gasteiger partial charge on any atom is -0.367 e. The van der Waals surface area contributed by atoms with Gasteiger partial charge in [-0.3, -0.25) is 0 Å². The number of morpholine rings is 1. The van der Waals surface area contributed by atoms with Crippen LogP contribution in [0.3, 0.4) is 0 Å². The fourth-order valence-corrected chi connectivity index (χ4v) is 0.956. The fourth-order valence-electron chi connectivity index (χ4n) is 0.956. The Labute approximate surface area is 58.6 Å². The van der Waals surface area contributed by atoms with Crippen LogP contribution in [0.4, 0.5) is 8.78 Å². The van der Waals surface area contributed by atoms with Gasteiger partial charge in [-0.15, -0.1) is 0 Å². The summed E-state index contributed by atoms with van der Waals surface area (Å²) in [5.74, 6) is 0. The molecule has 4 heteroatoms. The lowest BCUT2D eigenvalue weighted by molar-refractivity contribution is -0.0556. The summed E-state index contributed by atoms with van der Waals surface area (Å²) in [7, 11) is 0. The Kier molecular flexibility index (Phi) is 3.02. The molecule has 0 unspecified atom stereocenters. The van der Waals surface area contributed by atoms with Crippen molar-refractivity contribution < 1.29 is 13.5 Å². The Balaban J connectivity index is 2.25. The molecule has 0 aromatic heterocycles. The molecule has 1 N–H and O–H groups in total. The number of ether oxygens (including phenoxy) is 1. The van der Waals surface area contributed by atoms with Crippen molar-refractivity contribution in [2.75, 3.05) is 26.4 Å². The molecule has 0 spiro atoms. The summed E-state index contributed by atoms with van der Waals surface area (Å²) in [5, 5.41) is 2.88. The first kappa shape index (κ1) is 7.88. The van der Waals surface area contributed by atoms with Crippen molar-refractivity contribution in [2.24, 2.45) is 0 Å². The first-order valence-corrected chi connectivity index (χ1v) is 3.35. The van der Waals surface area contributed by atoms with Crippen LogP contribution in [0.2, 0.25) is 0 Å². The molecule has 0 saturated carbocycles. The van der Waals surface area contributed by atoms with Gasteiger partial charge in [0.2, 0.25) is 0 Å². The minimum atomic E-state index is -0.538. The quantitative estimate of drug-likeness (QED) is 0.612. The molecule has 10 heavy (non-hydrogen) atoms. The molecule has 0 aromatic carbocycles. The van der Waals surface area contributed by atoms with Crippen molar-refractivity contribution in [2.45, 2.75) is 12.2 Å². The molecule has 0 radical (unpaired) electrons. The molecule has 1 aliphatic heterocycles. The molecule has 1 aliphatic rings. The van der Waals surface area contributed by atoms with Crippen molar-refractivity contribution in [3.8, 4) is 0 Å². The Morgan fingerprint density at radius 3 is 2.10 bits per heavy atom. The van der Waals surface area contributed by atoms with E-state index in [9.17, 15) is 8.78 Å². The van der Waals surface area contributed by atoms with E-state index < -0.39 is 25.6 Å². The predicted octanol–water partition coefficient (Wildman–Crippen LogP) is 0.282. The smallest absolute Gasteiger partial charge is 0.117 e. The van der Waals surface area contributed by atoms with Gasteiger partial charge in [-0.2, -0.15) is 0 Å². The maximum atomic E-state index is 11.9. The van der Waals surface area contributed by atoms with E-state index in [1.807, 2.05) is 0 Å². The highest BCUT2D eigenvalue weighted by molar-refractivity contribution is 4.72. The fraction of sp³-hybridized carbons (Fsp3) is 1.00.